The molecule has 0 bridgehead atoms. The van der Waals surface area contributed by atoms with Crippen LogP contribution in [0.15, 0.2) is 18.2 Å². The Bertz CT molecular complexity index is 486. The molecule has 0 aliphatic carbocycles. The molecule has 0 aromatic heterocycles. The summed E-state index contributed by atoms with van der Waals surface area (Å²) in [6.07, 6.45) is 6.76. The third kappa shape index (κ3) is 5.73. The summed E-state index contributed by atoms with van der Waals surface area (Å²) < 4.78 is 18.0. The van der Waals surface area contributed by atoms with E-state index in [1.807, 2.05) is 0 Å². The second-order valence-electron chi connectivity index (χ2n) is 6.51. The molecule has 0 saturated heterocycles. The predicted molar refractivity (Wildman–Crippen MR) is 97.6 cm³/mol. The van der Waals surface area contributed by atoms with Gasteiger partial charge in [0.1, 0.15) is 0 Å². The molecule has 0 N–H and O–H groups in total. The van der Waals surface area contributed by atoms with Gasteiger partial charge in [-0.15, -0.1) is 0 Å². The minimum atomic E-state index is -2.88. The van der Waals surface area contributed by atoms with Crippen LogP contribution in [0.5, 0.6) is 0 Å². The predicted octanol–water partition coefficient (Wildman–Crippen LogP) is 5.79. The van der Waals surface area contributed by atoms with Gasteiger partial charge in [0.2, 0.25) is 0 Å². The van der Waals surface area contributed by atoms with Crippen LogP contribution in [0.25, 0.3) is 0 Å². The molecule has 0 saturated carbocycles. The number of hydrogen-bond donors (Lipinski definition) is 0. The van der Waals surface area contributed by atoms with Gasteiger partial charge in [-0.1, -0.05) is 0 Å². The Morgan fingerprint density at radius 1 is 1.00 bits per heavy atom. The number of hydrogen-bond acceptors (Lipinski definition) is 2. The number of nitro groups is 1. The van der Waals surface area contributed by atoms with E-state index in [1.165, 1.54) is 6.07 Å². The van der Waals surface area contributed by atoms with Crippen LogP contribution in [0.3, 0.4) is 0 Å². The van der Waals surface area contributed by atoms with Crippen molar-refractivity contribution in [3.05, 3.63) is 34.1 Å². The number of benzene rings is 1. The molecule has 23 heavy (non-hydrogen) atoms. The zero-order valence-electron chi connectivity index (χ0n) is 14.7. The van der Waals surface area contributed by atoms with Crippen LogP contribution in [0.1, 0.15) is 59.3 Å². The van der Waals surface area contributed by atoms with Crippen LogP contribution in [0.2, 0.25) is 13.3 Å². The summed E-state index contributed by atoms with van der Waals surface area (Å²) in [5.41, 5.74) is 0.0455. The average molecular weight is 430 g/mol. The molecule has 0 unspecified atom stereocenters. The molecule has 5 heteroatoms. The van der Waals surface area contributed by atoms with E-state index in [1.54, 1.807) is 6.07 Å². The van der Waals surface area contributed by atoms with E-state index in [2.05, 4.69) is 20.8 Å². The van der Waals surface area contributed by atoms with E-state index in [4.69, 9.17) is 0 Å². The van der Waals surface area contributed by atoms with Crippen molar-refractivity contribution in [1.82, 2.24) is 0 Å². The zero-order chi connectivity index (χ0) is 17.3. The Kier molecular flexibility index (Phi) is 9.10. The average Bonchev–Trinajstić information content (AvgIpc) is 2.54. The van der Waals surface area contributed by atoms with E-state index in [0.29, 0.717) is 0 Å². The molecule has 3 nitrogen and oxygen atoms in total. The van der Waals surface area contributed by atoms with Gasteiger partial charge in [0.25, 0.3) is 0 Å². The fourth-order valence-corrected chi connectivity index (χ4v) is 20.0. The molecular formula is C18H30FNO2Sn. The van der Waals surface area contributed by atoms with Crippen LogP contribution >= 0.6 is 0 Å². The first-order valence-corrected chi connectivity index (χ1v) is 16.4. The normalized spacial score (nSPS) is 11.7. The minimum absolute atomic E-state index is 0.0455. The first-order valence-electron chi connectivity index (χ1n) is 8.95. The standard InChI is InChI=1S/C6H3FNO2.3C4H9.Sn/c7-5-2-1-3-6(4-5)8(9)10;3*1-3-4-2;/h1-2,4H;3*1,3-4H2,2H3;. The maximum absolute atomic E-state index is 13.6. The van der Waals surface area contributed by atoms with Crippen molar-refractivity contribution < 1.29 is 9.31 Å². The number of nitrogens with zero attached hydrogens (tertiary/aromatic N) is 1. The number of nitro benzene ring substituents is 1. The molecule has 0 amide bonds. The Balaban J connectivity index is 3.36. The summed E-state index contributed by atoms with van der Waals surface area (Å²) >= 11 is -2.88. The summed E-state index contributed by atoms with van der Waals surface area (Å²) in [5.74, 6) is -0.498. The van der Waals surface area contributed by atoms with Crippen molar-refractivity contribution in [2.75, 3.05) is 0 Å². The second kappa shape index (κ2) is 10.3. The molecule has 0 radical (unpaired) electrons. The van der Waals surface area contributed by atoms with Crippen molar-refractivity contribution in [3.63, 3.8) is 0 Å². The van der Waals surface area contributed by atoms with Gasteiger partial charge in [0.05, 0.1) is 0 Å². The number of unbranched alkanes of at least 4 members (excludes halogenated alkanes) is 3. The van der Waals surface area contributed by atoms with Crippen molar-refractivity contribution >= 4 is 27.6 Å². The van der Waals surface area contributed by atoms with Crippen LogP contribution in [-0.4, -0.2) is 23.3 Å². The summed E-state index contributed by atoms with van der Waals surface area (Å²) in [6.45, 7) is 6.53. The van der Waals surface area contributed by atoms with Crippen LogP contribution in [0, 0.1) is 15.9 Å². The van der Waals surface area contributed by atoms with E-state index in [9.17, 15) is 14.5 Å². The van der Waals surface area contributed by atoms with E-state index < -0.39 is 24.2 Å². The summed E-state index contributed by atoms with van der Waals surface area (Å²) in [4.78, 5) is 11.1. The first kappa shape index (κ1) is 20.4. The van der Waals surface area contributed by atoms with E-state index >= 15 is 0 Å². The van der Waals surface area contributed by atoms with Crippen molar-refractivity contribution in [1.29, 1.82) is 0 Å². The topological polar surface area (TPSA) is 43.1 Å². The van der Waals surface area contributed by atoms with Gasteiger partial charge in [0, 0.05) is 0 Å². The zero-order valence-corrected chi connectivity index (χ0v) is 17.6. The Hall–Kier alpha value is -0.651. The SMILES string of the molecule is CCC[CH2][Sn]([CH2]CCC)([CH2]CCC)[c]1ccc(F)cc1[N+](=O)[O-]. The van der Waals surface area contributed by atoms with Crippen LogP contribution in [-0.2, 0) is 0 Å². The van der Waals surface area contributed by atoms with Crippen molar-refractivity contribution in [3.8, 4) is 0 Å². The summed E-state index contributed by atoms with van der Waals surface area (Å²) in [5, 5.41) is 11.5. The Labute approximate surface area is 143 Å². The maximum atomic E-state index is 13.6. The Morgan fingerprint density at radius 2 is 1.48 bits per heavy atom. The van der Waals surface area contributed by atoms with Crippen molar-refractivity contribution in [2.45, 2.75) is 72.6 Å². The fraction of sp³-hybridized carbons (Fsp3) is 0.667. The summed E-state index contributed by atoms with van der Waals surface area (Å²) in [6, 6.07) is 4.33. The molecule has 130 valence electrons. The molecule has 1 aromatic carbocycles. The van der Waals surface area contributed by atoms with Gasteiger partial charge in [-0.2, -0.15) is 0 Å². The molecule has 0 fully saturated rings. The molecular weight excluding hydrogens is 400 g/mol. The number of halogens is 1. The third-order valence-corrected chi connectivity index (χ3v) is 20.4. The molecule has 0 atom stereocenters. The molecule has 0 aliphatic rings. The quantitative estimate of drug-likeness (QED) is 0.254. The first-order chi connectivity index (χ1) is 11.0. The fourth-order valence-electron chi connectivity index (χ4n) is 3.43. The van der Waals surface area contributed by atoms with Gasteiger partial charge in [0.15, 0.2) is 0 Å². The molecule has 1 rings (SSSR count). The third-order valence-electron chi connectivity index (χ3n) is 4.75. The number of rotatable bonds is 11. The van der Waals surface area contributed by atoms with E-state index in [-0.39, 0.29) is 10.6 Å². The second-order valence-corrected chi connectivity index (χ2v) is 19.6. The van der Waals surface area contributed by atoms with Gasteiger partial charge in [-0.05, 0) is 0 Å². The van der Waals surface area contributed by atoms with E-state index in [0.717, 1.165) is 61.5 Å². The molecule has 0 spiro atoms. The molecule has 1 aromatic rings. The van der Waals surface area contributed by atoms with Gasteiger partial charge in [-0.3, -0.25) is 0 Å². The molecule has 0 heterocycles. The monoisotopic (exact) mass is 431 g/mol. The van der Waals surface area contributed by atoms with Gasteiger partial charge < -0.3 is 0 Å². The van der Waals surface area contributed by atoms with Gasteiger partial charge >= 0.3 is 144 Å². The van der Waals surface area contributed by atoms with Gasteiger partial charge in [-0.25, -0.2) is 0 Å². The van der Waals surface area contributed by atoms with Crippen molar-refractivity contribution in [2.24, 2.45) is 0 Å². The van der Waals surface area contributed by atoms with Crippen LogP contribution < -0.4 is 3.58 Å². The van der Waals surface area contributed by atoms with Crippen LogP contribution in [0.4, 0.5) is 10.1 Å². The summed E-state index contributed by atoms with van der Waals surface area (Å²) in [7, 11) is 0. The Morgan fingerprint density at radius 3 is 1.87 bits per heavy atom. The molecule has 0 aliphatic heterocycles.